The van der Waals surface area contributed by atoms with Gasteiger partial charge in [0.1, 0.15) is 11.5 Å². The van der Waals surface area contributed by atoms with E-state index in [2.05, 4.69) is 35.5 Å². The van der Waals surface area contributed by atoms with Gasteiger partial charge in [0.25, 0.3) is 0 Å². The molecule has 8 nitrogen and oxygen atoms in total. The van der Waals surface area contributed by atoms with E-state index >= 15 is 0 Å². The zero-order valence-electron chi connectivity index (χ0n) is 22.6. The van der Waals surface area contributed by atoms with Crippen LogP contribution in [0.4, 0.5) is 10.1 Å². The third-order valence-electron chi connectivity index (χ3n) is 6.61. The van der Waals surface area contributed by atoms with Gasteiger partial charge < -0.3 is 10.3 Å². The molecule has 0 spiro atoms. The molecular weight excluding hydrogens is 505 g/mol. The van der Waals surface area contributed by atoms with Gasteiger partial charge in [-0.05, 0) is 53.8 Å². The zero-order chi connectivity index (χ0) is 28.0. The summed E-state index contributed by atoms with van der Waals surface area (Å²) in [4.78, 5) is 29.2. The van der Waals surface area contributed by atoms with E-state index in [0.29, 0.717) is 17.8 Å². The van der Waals surface area contributed by atoms with Gasteiger partial charge in [0.15, 0.2) is 0 Å². The third-order valence-corrected chi connectivity index (χ3v) is 6.61. The lowest BCUT2D eigenvalue weighted by molar-refractivity contribution is -0.117. The molecule has 6 rings (SSSR count). The number of anilines is 1. The monoisotopic (exact) mass is 533 g/mol. The fourth-order valence-electron chi connectivity index (χ4n) is 4.92. The number of fused-ring (bicyclic) bond motifs is 2. The summed E-state index contributed by atoms with van der Waals surface area (Å²) in [5.74, 6) is -0.346. The number of carbonyl (C=O) groups is 1. The molecule has 5 heterocycles. The first-order chi connectivity index (χ1) is 19.1. The smallest absolute Gasteiger partial charge is 0.224 e. The lowest BCUT2D eigenvalue weighted by Gasteiger charge is -2.17. The molecule has 40 heavy (non-hydrogen) atoms. The molecular formula is C31H28FN7O. The van der Waals surface area contributed by atoms with E-state index in [9.17, 15) is 9.18 Å². The van der Waals surface area contributed by atoms with Crippen molar-refractivity contribution < 1.29 is 9.18 Å². The number of nitrogens with one attached hydrogen (secondary N) is 3. The largest absolute Gasteiger partial charge is 0.352 e. The number of hydrogen-bond donors (Lipinski definition) is 3. The van der Waals surface area contributed by atoms with E-state index in [0.717, 1.165) is 55.4 Å². The van der Waals surface area contributed by atoms with Crippen molar-refractivity contribution in [3.05, 3.63) is 78.8 Å². The molecule has 0 saturated carbocycles. The lowest BCUT2D eigenvalue weighted by atomic mass is 9.92. The molecule has 0 atom stereocenters. The molecule has 0 fully saturated rings. The van der Waals surface area contributed by atoms with E-state index in [4.69, 9.17) is 0 Å². The Morgan fingerprint density at radius 1 is 0.900 bits per heavy atom. The van der Waals surface area contributed by atoms with Gasteiger partial charge >= 0.3 is 0 Å². The highest BCUT2D eigenvalue weighted by atomic mass is 19.1. The number of rotatable bonds is 5. The summed E-state index contributed by atoms with van der Waals surface area (Å²) in [6.07, 6.45) is 8.98. The second-order valence-corrected chi connectivity index (χ2v) is 11.3. The van der Waals surface area contributed by atoms with Crippen LogP contribution in [0.1, 0.15) is 32.8 Å². The molecule has 9 heteroatoms. The van der Waals surface area contributed by atoms with Crippen molar-refractivity contribution in [2.45, 2.75) is 34.1 Å². The maximum absolute atomic E-state index is 14.2. The molecule has 6 aromatic rings. The van der Waals surface area contributed by atoms with Gasteiger partial charge in [0, 0.05) is 40.7 Å². The van der Waals surface area contributed by atoms with Crippen LogP contribution in [0.3, 0.4) is 0 Å². The summed E-state index contributed by atoms with van der Waals surface area (Å²) in [6.45, 7) is 7.94. The topological polar surface area (TPSA) is 112 Å². The standard InChI is InChI=1S/C31H28FN7O/c1-17-5-18(7-20(32)6-17)24-14-34-15-27-22(24)9-26(37-27)30-23-10-25(35-16-28(23)38-39-30)19-8-21(13-33-12-19)36-29(40)11-31(2,3)4/h5-10,12-16,37H,11H2,1-4H3,(H,36,40)(H,38,39). The molecule has 0 bridgehead atoms. The number of carbonyl (C=O) groups excluding carboxylic acids is 1. The SMILES string of the molecule is Cc1cc(F)cc(-c2cncc3[nH]c(-c4n[nH]c5cnc(-c6cncc(NC(=O)CC(C)(C)C)c6)cc45)cc23)c1. The molecule has 1 aromatic carbocycles. The van der Waals surface area contributed by atoms with Crippen LogP contribution in [0.5, 0.6) is 0 Å². The number of aromatic nitrogens is 6. The van der Waals surface area contributed by atoms with Gasteiger partial charge in [-0.2, -0.15) is 5.10 Å². The summed E-state index contributed by atoms with van der Waals surface area (Å²) in [5.41, 5.74) is 7.52. The summed E-state index contributed by atoms with van der Waals surface area (Å²) >= 11 is 0. The van der Waals surface area contributed by atoms with Crippen molar-refractivity contribution in [2.24, 2.45) is 5.41 Å². The molecule has 0 aliphatic carbocycles. The molecule has 200 valence electrons. The minimum absolute atomic E-state index is 0.0620. The van der Waals surface area contributed by atoms with Crippen molar-refractivity contribution in [3.63, 3.8) is 0 Å². The second-order valence-electron chi connectivity index (χ2n) is 11.3. The molecule has 0 unspecified atom stereocenters. The first-order valence-electron chi connectivity index (χ1n) is 13.0. The first-order valence-corrected chi connectivity index (χ1v) is 13.0. The van der Waals surface area contributed by atoms with E-state index in [1.165, 1.54) is 12.1 Å². The molecule has 0 saturated heterocycles. The fourth-order valence-corrected chi connectivity index (χ4v) is 4.92. The van der Waals surface area contributed by atoms with Gasteiger partial charge in [-0.15, -0.1) is 0 Å². The molecule has 5 aromatic heterocycles. The Hall–Kier alpha value is -4.92. The Bertz CT molecular complexity index is 1880. The quantitative estimate of drug-likeness (QED) is 0.220. The summed E-state index contributed by atoms with van der Waals surface area (Å²) < 4.78 is 14.2. The van der Waals surface area contributed by atoms with Crippen LogP contribution in [0.15, 0.2) is 67.4 Å². The van der Waals surface area contributed by atoms with Crippen LogP contribution >= 0.6 is 0 Å². The van der Waals surface area contributed by atoms with Crippen molar-refractivity contribution in [1.82, 2.24) is 30.1 Å². The molecule has 0 aliphatic heterocycles. The Morgan fingerprint density at radius 2 is 1.73 bits per heavy atom. The highest BCUT2D eigenvalue weighted by Gasteiger charge is 2.18. The summed E-state index contributed by atoms with van der Waals surface area (Å²) in [7, 11) is 0. The number of hydrogen-bond acceptors (Lipinski definition) is 5. The van der Waals surface area contributed by atoms with Crippen molar-refractivity contribution >= 4 is 33.4 Å². The predicted octanol–water partition coefficient (Wildman–Crippen LogP) is 7.05. The van der Waals surface area contributed by atoms with E-state index in [1.807, 2.05) is 52.0 Å². The average molecular weight is 534 g/mol. The van der Waals surface area contributed by atoms with Gasteiger partial charge in [-0.3, -0.25) is 24.8 Å². The normalized spacial score (nSPS) is 11.8. The Labute approximate surface area is 230 Å². The van der Waals surface area contributed by atoms with E-state index in [1.54, 1.807) is 31.0 Å². The van der Waals surface area contributed by atoms with Crippen LogP contribution < -0.4 is 5.32 Å². The number of benzene rings is 1. The maximum atomic E-state index is 14.2. The molecule has 0 radical (unpaired) electrons. The maximum Gasteiger partial charge on any atom is 0.224 e. The van der Waals surface area contributed by atoms with Crippen LogP contribution in [-0.2, 0) is 4.79 Å². The van der Waals surface area contributed by atoms with Crippen molar-refractivity contribution in [2.75, 3.05) is 5.32 Å². The van der Waals surface area contributed by atoms with E-state index < -0.39 is 0 Å². The second kappa shape index (κ2) is 9.68. The number of nitrogens with zero attached hydrogens (tertiary/aromatic N) is 4. The van der Waals surface area contributed by atoms with Gasteiger partial charge in [-0.1, -0.05) is 26.8 Å². The molecule has 0 aliphatic rings. The third kappa shape index (κ3) is 5.05. The van der Waals surface area contributed by atoms with Crippen LogP contribution in [-0.4, -0.2) is 36.0 Å². The lowest BCUT2D eigenvalue weighted by Crippen LogP contribution is -2.19. The number of aromatic amines is 2. The van der Waals surface area contributed by atoms with Crippen LogP contribution in [0.2, 0.25) is 0 Å². The fraction of sp³-hybridized carbons (Fsp3) is 0.194. The molecule has 1 amide bonds. The van der Waals surface area contributed by atoms with Crippen molar-refractivity contribution in [1.29, 1.82) is 0 Å². The first kappa shape index (κ1) is 25.4. The minimum atomic E-state index is -0.284. The van der Waals surface area contributed by atoms with Crippen molar-refractivity contribution in [3.8, 4) is 33.8 Å². The molecule has 3 N–H and O–H groups in total. The Kier molecular flexibility index (Phi) is 6.14. The van der Waals surface area contributed by atoms with Gasteiger partial charge in [0.05, 0.1) is 46.7 Å². The van der Waals surface area contributed by atoms with Crippen LogP contribution in [0.25, 0.3) is 55.6 Å². The highest BCUT2D eigenvalue weighted by molar-refractivity contribution is 6.01. The zero-order valence-corrected chi connectivity index (χ0v) is 22.6. The summed E-state index contributed by atoms with van der Waals surface area (Å²) in [6, 6.07) is 10.8. The number of halogens is 1. The van der Waals surface area contributed by atoms with Crippen LogP contribution in [0, 0.1) is 18.2 Å². The van der Waals surface area contributed by atoms with E-state index in [-0.39, 0.29) is 17.1 Å². The number of amides is 1. The summed E-state index contributed by atoms with van der Waals surface area (Å²) in [5, 5.41) is 12.4. The van der Waals surface area contributed by atoms with Gasteiger partial charge in [0.2, 0.25) is 5.91 Å². The predicted molar refractivity (Wildman–Crippen MR) is 155 cm³/mol. The Balaban J connectivity index is 1.37. The number of pyridine rings is 3. The number of aryl methyl sites for hydroxylation is 1. The highest BCUT2D eigenvalue weighted by Crippen LogP contribution is 2.35. The number of H-pyrrole nitrogens is 2. The Morgan fingerprint density at radius 3 is 2.52 bits per heavy atom. The minimum Gasteiger partial charge on any atom is -0.352 e. The van der Waals surface area contributed by atoms with Gasteiger partial charge in [-0.25, -0.2) is 4.39 Å². The average Bonchev–Trinajstić information content (AvgIpc) is 3.50.